The maximum absolute atomic E-state index is 5.39. The predicted molar refractivity (Wildman–Crippen MR) is 259 cm³/mol. The lowest BCUT2D eigenvalue weighted by molar-refractivity contribution is 0.954. The Kier molecular flexibility index (Phi) is 7.80. The standard InChI is InChI=1S/C57H36N6/c1-4-18-37(19-5-1)41-24-10-14-28-48(41)62-50-30-16-12-26-43(50)46-36-54-47(35-53(46)62)44-27-13-17-31-51(44)63(54)57-59-55(38-20-6-2-7-21-38)58-56(60-57)39-32-33-52-45(34-39)42-25-11-15-29-49(42)61(52)40-22-8-3-9-23-40/h1-36H. The first kappa shape index (κ1) is 35.2. The maximum Gasteiger partial charge on any atom is 0.238 e. The number of rotatable bonds is 6. The molecule has 0 radical (unpaired) electrons. The summed E-state index contributed by atoms with van der Waals surface area (Å²) in [5.74, 6) is 1.79. The van der Waals surface area contributed by atoms with Gasteiger partial charge in [0.2, 0.25) is 5.95 Å². The van der Waals surface area contributed by atoms with E-state index in [2.05, 4.69) is 214 Å². The highest BCUT2D eigenvalue weighted by molar-refractivity contribution is 6.19. The minimum Gasteiger partial charge on any atom is -0.309 e. The second kappa shape index (κ2) is 14.0. The molecule has 294 valence electrons. The van der Waals surface area contributed by atoms with Gasteiger partial charge in [0.1, 0.15) is 0 Å². The van der Waals surface area contributed by atoms with Crippen LogP contribution in [0.1, 0.15) is 0 Å². The minimum atomic E-state index is 0.564. The van der Waals surface area contributed by atoms with E-state index in [1.807, 2.05) is 18.2 Å². The summed E-state index contributed by atoms with van der Waals surface area (Å²) in [6, 6.07) is 77.3. The van der Waals surface area contributed by atoms with Gasteiger partial charge in [-0.05, 0) is 72.3 Å². The van der Waals surface area contributed by atoms with Crippen LogP contribution in [0.3, 0.4) is 0 Å². The third-order valence-electron chi connectivity index (χ3n) is 12.5. The van der Waals surface area contributed by atoms with Gasteiger partial charge in [-0.1, -0.05) is 152 Å². The van der Waals surface area contributed by atoms with Gasteiger partial charge < -0.3 is 9.13 Å². The highest BCUT2D eigenvalue weighted by Crippen LogP contribution is 2.42. The van der Waals surface area contributed by atoms with Crippen molar-refractivity contribution in [1.29, 1.82) is 0 Å². The molecule has 0 saturated carbocycles. The number of para-hydroxylation sites is 5. The van der Waals surface area contributed by atoms with Crippen LogP contribution in [0, 0.1) is 0 Å². The van der Waals surface area contributed by atoms with Gasteiger partial charge >= 0.3 is 0 Å². The van der Waals surface area contributed by atoms with Crippen molar-refractivity contribution >= 4 is 65.4 Å². The lowest BCUT2D eigenvalue weighted by Crippen LogP contribution is -2.06. The zero-order chi connectivity index (χ0) is 41.4. The van der Waals surface area contributed by atoms with Crippen LogP contribution >= 0.6 is 0 Å². The van der Waals surface area contributed by atoms with Gasteiger partial charge in [0.25, 0.3) is 0 Å². The first-order valence-corrected chi connectivity index (χ1v) is 21.3. The van der Waals surface area contributed by atoms with Crippen molar-refractivity contribution in [3.05, 3.63) is 218 Å². The fourth-order valence-corrected chi connectivity index (χ4v) is 9.71. The van der Waals surface area contributed by atoms with Crippen LogP contribution in [-0.4, -0.2) is 28.7 Å². The van der Waals surface area contributed by atoms with Crippen molar-refractivity contribution in [2.45, 2.75) is 0 Å². The van der Waals surface area contributed by atoms with E-state index in [-0.39, 0.29) is 0 Å². The smallest absolute Gasteiger partial charge is 0.238 e. The Labute approximate surface area is 362 Å². The molecule has 0 bridgehead atoms. The van der Waals surface area contributed by atoms with Gasteiger partial charge in [0.15, 0.2) is 11.6 Å². The number of hydrogen-bond acceptors (Lipinski definition) is 3. The first-order chi connectivity index (χ1) is 31.3. The first-order valence-electron chi connectivity index (χ1n) is 21.3. The van der Waals surface area contributed by atoms with Crippen LogP contribution in [0.5, 0.6) is 0 Å². The number of aromatic nitrogens is 6. The summed E-state index contributed by atoms with van der Waals surface area (Å²) in [6.07, 6.45) is 0. The second-order valence-electron chi connectivity index (χ2n) is 16.0. The van der Waals surface area contributed by atoms with Crippen LogP contribution in [0.4, 0.5) is 0 Å². The van der Waals surface area contributed by atoms with E-state index in [1.165, 1.54) is 21.9 Å². The Balaban J connectivity index is 1.07. The van der Waals surface area contributed by atoms with Crippen LogP contribution < -0.4 is 0 Å². The lowest BCUT2D eigenvalue weighted by atomic mass is 10.0. The number of fused-ring (bicyclic) bond motifs is 9. The molecule has 0 unspecified atom stereocenters. The fourth-order valence-electron chi connectivity index (χ4n) is 9.71. The van der Waals surface area contributed by atoms with Crippen LogP contribution in [-0.2, 0) is 0 Å². The predicted octanol–water partition coefficient (Wildman–Crippen LogP) is 14.2. The van der Waals surface area contributed by atoms with E-state index < -0.39 is 0 Å². The van der Waals surface area contributed by atoms with Gasteiger partial charge in [-0.3, -0.25) is 4.57 Å². The average Bonchev–Trinajstić information content (AvgIpc) is 3.99. The third-order valence-corrected chi connectivity index (χ3v) is 12.5. The summed E-state index contributed by atoms with van der Waals surface area (Å²) in [6.45, 7) is 0. The molecule has 0 amide bonds. The van der Waals surface area contributed by atoms with E-state index in [0.717, 1.165) is 77.1 Å². The number of nitrogens with zero attached hydrogens (tertiary/aromatic N) is 6. The summed E-state index contributed by atoms with van der Waals surface area (Å²) in [5.41, 5.74) is 13.1. The molecule has 0 fully saturated rings. The molecule has 63 heavy (non-hydrogen) atoms. The average molecular weight is 805 g/mol. The molecule has 0 N–H and O–H groups in total. The molecule has 0 aliphatic heterocycles. The van der Waals surface area contributed by atoms with Gasteiger partial charge in [-0.25, -0.2) is 4.98 Å². The highest BCUT2D eigenvalue weighted by Gasteiger charge is 2.23. The molecule has 4 heterocycles. The zero-order valence-electron chi connectivity index (χ0n) is 34.0. The topological polar surface area (TPSA) is 53.5 Å². The van der Waals surface area contributed by atoms with E-state index in [1.54, 1.807) is 0 Å². The molecular formula is C57H36N6. The van der Waals surface area contributed by atoms with Crippen molar-refractivity contribution in [3.63, 3.8) is 0 Å². The van der Waals surface area contributed by atoms with E-state index in [9.17, 15) is 0 Å². The summed E-state index contributed by atoms with van der Waals surface area (Å²) < 4.78 is 6.99. The Bertz CT molecular complexity index is 3900. The molecule has 6 nitrogen and oxygen atoms in total. The zero-order valence-corrected chi connectivity index (χ0v) is 34.0. The molecular weight excluding hydrogens is 769 g/mol. The molecule has 0 aliphatic carbocycles. The van der Waals surface area contributed by atoms with Crippen molar-refractivity contribution < 1.29 is 0 Å². The molecule has 9 aromatic carbocycles. The van der Waals surface area contributed by atoms with Crippen LogP contribution in [0.15, 0.2) is 218 Å². The normalized spacial score (nSPS) is 11.8. The Hall–Kier alpha value is -8.61. The SMILES string of the molecule is c1ccc(-c2nc(-c3ccc4c(c3)c3ccccc3n4-c3ccccc3)nc(-n3c4ccccc4c4cc5c(cc43)c3ccccc3n5-c3ccccc3-c3ccccc3)n2)cc1. The van der Waals surface area contributed by atoms with Crippen molar-refractivity contribution in [1.82, 2.24) is 28.7 Å². The van der Waals surface area contributed by atoms with Gasteiger partial charge in [0.05, 0.1) is 38.8 Å². The maximum atomic E-state index is 5.39. The fraction of sp³-hybridized carbons (Fsp3) is 0. The Morgan fingerprint density at radius 1 is 0.270 bits per heavy atom. The summed E-state index contributed by atoms with van der Waals surface area (Å²) in [7, 11) is 0. The Morgan fingerprint density at radius 2 is 0.730 bits per heavy atom. The Morgan fingerprint density at radius 3 is 1.38 bits per heavy atom. The molecule has 13 aromatic rings. The van der Waals surface area contributed by atoms with Gasteiger partial charge in [-0.15, -0.1) is 0 Å². The van der Waals surface area contributed by atoms with Gasteiger partial charge in [-0.2, -0.15) is 9.97 Å². The van der Waals surface area contributed by atoms with E-state index in [0.29, 0.717) is 17.6 Å². The van der Waals surface area contributed by atoms with Crippen LogP contribution in [0.2, 0.25) is 0 Å². The molecule has 0 saturated heterocycles. The number of benzene rings is 9. The van der Waals surface area contributed by atoms with Gasteiger partial charge in [0, 0.05) is 54.7 Å². The van der Waals surface area contributed by atoms with Crippen molar-refractivity contribution in [2.24, 2.45) is 0 Å². The summed E-state index contributed by atoms with van der Waals surface area (Å²) >= 11 is 0. The molecule has 4 aromatic heterocycles. The quantitative estimate of drug-likeness (QED) is 0.168. The molecule has 13 rings (SSSR count). The monoisotopic (exact) mass is 804 g/mol. The third kappa shape index (κ3) is 5.48. The van der Waals surface area contributed by atoms with Crippen LogP contribution in [0.25, 0.3) is 117 Å². The van der Waals surface area contributed by atoms with Crippen molar-refractivity contribution in [2.75, 3.05) is 0 Å². The number of hydrogen-bond donors (Lipinski definition) is 0. The highest BCUT2D eigenvalue weighted by atomic mass is 15.2. The van der Waals surface area contributed by atoms with Crippen molar-refractivity contribution in [3.8, 4) is 51.2 Å². The summed E-state index contributed by atoms with van der Waals surface area (Å²) in [5, 5.41) is 6.90. The molecule has 0 atom stereocenters. The largest absolute Gasteiger partial charge is 0.309 e. The second-order valence-corrected chi connectivity index (χ2v) is 16.0. The lowest BCUT2D eigenvalue weighted by Gasteiger charge is -2.14. The molecule has 6 heteroatoms. The summed E-state index contributed by atoms with van der Waals surface area (Å²) in [4.78, 5) is 15.9. The van der Waals surface area contributed by atoms with E-state index in [4.69, 9.17) is 15.0 Å². The molecule has 0 spiro atoms. The molecule has 0 aliphatic rings. The minimum absolute atomic E-state index is 0.564. The van der Waals surface area contributed by atoms with E-state index >= 15 is 0 Å².